The number of carbonyl (C=O) groups excluding carboxylic acids is 1. The summed E-state index contributed by atoms with van der Waals surface area (Å²) in [4.78, 5) is 23.5. The molecule has 0 aliphatic carbocycles. The molecule has 1 aromatic rings. The minimum atomic E-state index is -1.05. The van der Waals surface area contributed by atoms with Crippen LogP contribution in [0.5, 0.6) is 0 Å². The molecule has 0 spiro atoms. The number of rotatable bonds is 3. The minimum absolute atomic E-state index is 0.342. The monoisotopic (exact) mass is 319 g/mol. The van der Waals surface area contributed by atoms with Crippen LogP contribution in [0.25, 0.3) is 0 Å². The average Bonchev–Trinajstić information content (AvgIpc) is 2.23. The molecule has 17 heavy (non-hydrogen) atoms. The van der Waals surface area contributed by atoms with E-state index in [1.807, 2.05) is 6.92 Å². The largest absolute Gasteiger partial charge is 0.480 e. The minimum Gasteiger partial charge on any atom is -0.480 e. The first-order valence-corrected chi connectivity index (χ1v) is 5.93. The van der Waals surface area contributed by atoms with Crippen LogP contribution in [0.3, 0.4) is 0 Å². The van der Waals surface area contributed by atoms with Crippen LogP contribution in [0.15, 0.2) is 16.6 Å². The fourth-order valence-corrected chi connectivity index (χ4v) is 1.84. The number of nitrogens with zero attached hydrogens (tertiary/aromatic N) is 1. The standard InChI is InChI=1S/C11H11BrClNO3/c1-6-3-7(4-8(13)10(6)12)11(17)14(2)5-9(15)16/h3-4H,5H2,1-2H3,(H,15,16). The summed E-state index contributed by atoms with van der Waals surface area (Å²) in [6, 6.07) is 3.18. The number of aryl methyl sites for hydroxylation is 1. The molecule has 0 unspecified atom stereocenters. The Labute approximate surface area is 112 Å². The van der Waals surface area contributed by atoms with Gasteiger partial charge < -0.3 is 10.0 Å². The molecule has 0 atom stereocenters. The van der Waals surface area contributed by atoms with Gasteiger partial charge in [0.2, 0.25) is 0 Å². The van der Waals surface area contributed by atoms with E-state index in [-0.39, 0.29) is 12.5 Å². The quantitative estimate of drug-likeness (QED) is 0.931. The van der Waals surface area contributed by atoms with E-state index in [2.05, 4.69) is 15.9 Å². The molecule has 92 valence electrons. The zero-order chi connectivity index (χ0) is 13.2. The molecule has 0 radical (unpaired) electrons. The van der Waals surface area contributed by atoms with Crippen LogP contribution in [-0.2, 0) is 4.79 Å². The molecule has 0 saturated carbocycles. The third-order valence-corrected chi connectivity index (χ3v) is 3.76. The normalized spacial score (nSPS) is 10.1. The third kappa shape index (κ3) is 3.44. The summed E-state index contributed by atoms with van der Waals surface area (Å²) in [6.45, 7) is 1.47. The summed E-state index contributed by atoms with van der Waals surface area (Å²) in [6.07, 6.45) is 0. The van der Waals surface area contributed by atoms with Crippen LogP contribution in [0, 0.1) is 6.92 Å². The highest BCUT2D eigenvalue weighted by atomic mass is 79.9. The Kier molecular flexibility index (Phi) is 4.54. The predicted octanol–water partition coefficient (Wildman–Crippen LogP) is 2.57. The second-order valence-corrected chi connectivity index (χ2v) is 4.84. The number of hydrogen-bond acceptors (Lipinski definition) is 2. The summed E-state index contributed by atoms with van der Waals surface area (Å²) >= 11 is 9.23. The van der Waals surface area contributed by atoms with E-state index in [1.165, 1.54) is 13.1 Å². The SMILES string of the molecule is Cc1cc(C(=O)N(C)CC(=O)O)cc(Cl)c1Br. The van der Waals surface area contributed by atoms with Crippen molar-refractivity contribution in [3.05, 3.63) is 32.8 Å². The van der Waals surface area contributed by atoms with E-state index in [4.69, 9.17) is 16.7 Å². The van der Waals surface area contributed by atoms with Gasteiger partial charge in [0.05, 0.1) is 5.02 Å². The van der Waals surface area contributed by atoms with Gasteiger partial charge >= 0.3 is 5.97 Å². The van der Waals surface area contributed by atoms with Crippen molar-refractivity contribution in [2.75, 3.05) is 13.6 Å². The number of benzene rings is 1. The van der Waals surface area contributed by atoms with Gasteiger partial charge in [-0.1, -0.05) is 11.6 Å². The zero-order valence-electron chi connectivity index (χ0n) is 9.33. The lowest BCUT2D eigenvalue weighted by molar-refractivity contribution is -0.137. The fourth-order valence-electron chi connectivity index (χ4n) is 1.35. The topological polar surface area (TPSA) is 57.6 Å². The maximum absolute atomic E-state index is 11.9. The van der Waals surface area contributed by atoms with Crippen molar-refractivity contribution in [3.8, 4) is 0 Å². The average molecular weight is 321 g/mol. The van der Waals surface area contributed by atoms with Crippen molar-refractivity contribution in [2.24, 2.45) is 0 Å². The molecule has 0 aliphatic rings. The molecule has 0 bridgehead atoms. The summed E-state index contributed by atoms with van der Waals surface area (Å²) in [5, 5.41) is 9.03. The Morgan fingerprint density at radius 1 is 1.47 bits per heavy atom. The Hall–Kier alpha value is -1.07. The van der Waals surface area contributed by atoms with Crippen LogP contribution in [-0.4, -0.2) is 35.5 Å². The molecule has 6 heteroatoms. The molecule has 0 aromatic heterocycles. The molecule has 1 amide bonds. The van der Waals surface area contributed by atoms with Crippen molar-refractivity contribution in [1.29, 1.82) is 0 Å². The highest BCUT2D eigenvalue weighted by Crippen LogP contribution is 2.27. The van der Waals surface area contributed by atoms with Crippen molar-refractivity contribution in [2.45, 2.75) is 6.92 Å². The molecule has 0 saturated heterocycles. The van der Waals surface area contributed by atoms with Crippen LogP contribution < -0.4 is 0 Å². The van der Waals surface area contributed by atoms with Crippen molar-refractivity contribution >= 4 is 39.4 Å². The second kappa shape index (κ2) is 5.51. The van der Waals surface area contributed by atoms with Crippen molar-refractivity contribution in [1.82, 2.24) is 4.90 Å². The zero-order valence-corrected chi connectivity index (χ0v) is 11.7. The molecule has 4 nitrogen and oxygen atoms in total. The van der Waals surface area contributed by atoms with Crippen molar-refractivity contribution < 1.29 is 14.7 Å². The van der Waals surface area contributed by atoms with Gasteiger partial charge in [0, 0.05) is 17.1 Å². The predicted molar refractivity (Wildman–Crippen MR) is 68.5 cm³/mol. The van der Waals surface area contributed by atoms with Gasteiger partial charge in [-0.05, 0) is 40.5 Å². The molecule has 0 heterocycles. The van der Waals surface area contributed by atoms with Crippen LogP contribution >= 0.6 is 27.5 Å². The highest BCUT2D eigenvalue weighted by molar-refractivity contribution is 9.10. The first kappa shape index (κ1) is 14.0. The Bertz CT molecular complexity index is 453. The van der Waals surface area contributed by atoms with E-state index in [9.17, 15) is 9.59 Å². The van der Waals surface area contributed by atoms with E-state index in [0.717, 1.165) is 14.9 Å². The highest BCUT2D eigenvalue weighted by Gasteiger charge is 2.16. The lowest BCUT2D eigenvalue weighted by atomic mass is 10.1. The smallest absolute Gasteiger partial charge is 0.323 e. The van der Waals surface area contributed by atoms with E-state index in [0.29, 0.717) is 10.6 Å². The van der Waals surface area contributed by atoms with E-state index in [1.54, 1.807) is 6.07 Å². The van der Waals surface area contributed by atoms with E-state index >= 15 is 0 Å². The lowest BCUT2D eigenvalue weighted by Crippen LogP contribution is -2.31. The molecular weight excluding hydrogens is 309 g/mol. The Balaban J connectivity index is 3.01. The third-order valence-electron chi connectivity index (χ3n) is 2.18. The van der Waals surface area contributed by atoms with Crippen LogP contribution in [0.2, 0.25) is 5.02 Å². The van der Waals surface area contributed by atoms with Gasteiger partial charge in [-0.25, -0.2) is 0 Å². The number of halogens is 2. The summed E-state index contributed by atoms with van der Waals surface area (Å²) < 4.78 is 0.733. The number of aliphatic carboxylic acids is 1. The summed E-state index contributed by atoms with van der Waals surface area (Å²) in [5.41, 5.74) is 1.20. The first-order chi connectivity index (χ1) is 7.82. The van der Waals surface area contributed by atoms with Crippen LogP contribution in [0.4, 0.5) is 0 Å². The van der Waals surface area contributed by atoms with E-state index < -0.39 is 5.97 Å². The number of likely N-dealkylation sites (N-methyl/N-ethyl adjacent to an activating group) is 1. The van der Waals surface area contributed by atoms with Crippen molar-refractivity contribution in [3.63, 3.8) is 0 Å². The molecule has 1 aromatic carbocycles. The molecule has 0 fully saturated rings. The Morgan fingerprint density at radius 2 is 2.06 bits per heavy atom. The first-order valence-electron chi connectivity index (χ1n) is 4.76. The number of hydrogen-bond donors (Lipinski definition) is 1. The molecular formula is C11H11BrClNO3. The van der Waals surface area contributed by atoms with Gasteiger partial charge in [-0.2, -0.15) is 0 Å². The number of carboxylic acid groups (broad SMARTS) is 1. The lowest BCUT2D eigenvalue weighted by Gasteiger charge is -2.15. The van der Waals surface area contributed by atoms with Gasteiger partial charge in [-0.15, -0.1) is 0 Å². The number of amides is 1. The number of carboxylic acids is 1. The maximum atomic E-state index is 11.9. The maximum Gasteiger partial charge on any atom is 0.323 e. The molecule has 1 N–H and O–H groups in total. The van der Waals surface area contributed by atoms with Gasteiger partial charge in [0.25, 0.3) is 5.91 Å². The second-order valence-electron chi connectivity index (χ2n) is 3.64. The molecule has 0 aliphatic heterocycles. The summed E-state index contributed by atoms with van der Waals surface area (Å²) in [7, 11) is 1.43. The molecule has 1 rings (SSSR count). The van der Waals surface area contributed by atoms with Gasteiger partial charge in [0.1, 0.15) is 6.54 Å². The summed E-state index contributed by atoms with van der Waals surface area (Å²) in [5.74, 6) is -1.43. The van der Waals surface area contributed by atoms with Crippen LogP contribution in [0.1, 0.15) is 15.9 Å². The Morgan fingerprint density at radius 3 is 2.53 bits per heavy atom. The van der Waals surface area contributed by atoms with Gasteiger partial charge in [0.15, 0.2) is 0 Å². The number of carbonyl (C=O) groups is 2. The van der Waals surface area contributed by atoms with Gasteiger partial charge in [-0.3, -0.25) is 9.59 Å². The fraction of sp³-hybridized carbons (Fsp3) is 0.273.